The summed E-state index contributed by atoms with van der Waals surface area (Å²) in [4.78, 5) is 2.22. The lowest BCUT2D eigenvalue weighted by atomic mass is 10.1. The van der Waals surface area contributed by atoms with E-state index < -0.39 is 0 Å². The molecule has 3 heteroatoms. The second-order valence-corrected chi connectivity index (χ2v) is 3.89. The average molecular weight is 184 g/mol. The summed E-state index contributed by atoms with van der Waals surface area (Å²) in [6.45, 7) is 0.749. The quantitative estimate of drug-likeness (QED) is 0.771. The van der Waals surface area contributed by atoms with Crippen molar-refractivity contribution in [2.24, 2.45) is 5.73 Å². The van der Waals surface area contributed by atoms with Gasteiger partial charge in [0.15, 0.2) is 0 Å². The molecule has 0 saturated heterocycles. The molecule has 0 unspecified atom stereocenters. The molecule has 0 aliphatic heterocycles. The van der Waals surface area contributed by atoms with Crippen molar-refractivity contribution in [2.75, 3.05) is 20.6 Å². The van der Waals surface area contributed by atoms with Gasteiger partial charge in [0.25, 0.3) is 0 Å². The minimum atomic E-state index is 0.487. The molecule has 1 rings (SSSR count). The highest BCUT2D eigenvalue weighted by atomic mass is 32.1. The van der Waals surface area contributed by atoms with Gasteiger partial charge in [-0.2, -0.15) is 11.3 Å². The van der Waals surface area contributed by atoms with Gasteiger partial charge in [0.2, 0.25) is 0 Å². The molecule has 0 bridgehead atoms. The van der Waals surface area contributed by atoms with Gasteiger partial charge in [0, 0.05) is 6.04 Å². The molecule has 1 aromatic heterocycles. The van der Waals surface area contributed by atoms with Crippen molar-refractivity contribution in [3.05, 3.63) is 22.4 Å². The molecule has 2 nitrogen and oxygen atoms in total. The van der Waals surface area contributed by atoms with Crippen molar-refractivity contribution in [3.8, 4) is 0 Å². The summed E-state index contributed by atoms with van der Waals surface area (Å²) in [5.41, 5.74) is 6.93. The van der Waals surface area contributed by atoms with E-state index >= 15 is 0 Å². The van der Waals surface area contributed by atoms with Gasteiger partial charge in [0.1, 0.15) is 0 Å². The minimum Gasteiger partial charge on any atom is -0.330 e. The first-order valence-electron chi connectivity index (χ1n) is 4.14. The largest absolute Gasteiger partial charge is 0.330 e. The van der Waals surface area contributed by atoms with Crippen molar-refractivity contribution >= 4 is 11.3 Å². The predicted octanol–water partition coefficient (Wildman–Crippen LogP) is 1.70. The van der Waals surface area contributed by atoms with E-state index in [9.17, 15) is 0 Å². The van der Waals surface area contributed by atoms with Crippen LogP contribution in [0.3, 0.4) is 0 Å². The molecule has 1 aromatic rings. The zero-order valence-corrected chi connectivity index (χ0v) is 8.47. The van der Waals surface area contributed by atoms with Crippen LogP contribution in [0.1, 0.15) is 18.0 Å². The van der Waals surface area contributed by atoms with Gasteiger partial charge in [-0.1, -0.05) is 0 Å². The maximum absolute atomic E-state index is 5.55. The fourth-order valence-electron chi connectivity index (χ4n) is 1.35. The highest BCUT2D eigenvalue weighted by Gasteiger charge is 2.12. The highest BCUT2D eigenvalue weighted by Crippen LogP contribution is 2.23. The Morgan fingerprint density at radius 3 is 2.75 bits per heavy atom. The fraction of sp³-hybridized carbons (Fsp3) is 0.556. The van der Waals surface area contributed by atoms with Gasteiger partial charge in [0.05, 0.1) is 0 Å². The Morgan fingerprint density at radius 1 is 1.58 bits per heavy atom. The summed E-state index contributed by atoms with van der Waals surface area (Å²) in [6.07, 6.45) is 1.03. The van der Waals surface area contributed by atoms with Crippen LogP contribution < -0.4 is 5.73 Å². The second-order valence-electron chi connectivity index (χ2n) is 3.11. The zero-order chi connectivity index (χ0) is 8.97. The minimum absolute atomic E-state index is 0.487. The van der Waals surface area contributed by atoms with E-state index in [1.165, 1.54) is 5.56 Å². The third-order valence-electron chi connectivity index (χ3n) is 1.99. The second kappa shape index (κ2) is 4.60. The van der Waals surface area contributed by atoms with Crippen molar-refractivity contribution in [2.45, 2.75) is 12.5 Å². The lowest BCUT2D eigenvalue weighted by Crippen LogP contribution is -2.22. The van der Waals surface area contributed by atoms with E-state index in [0.29, 0.717) is 6.04 Å². The topological polar surface area (TPSA) is 29.3 Å². The SMILES string of the molecule is CN(C)[C@@H](CCN)c1ccsc1. The van der Waals surface area contributed by atoms with E-state index in [4.69, 9.17) is 5.73 Å². The Labute approximate surface area is 78.0 Å². The van der Waals surface area contributed by atoms with E-state index in [-0.39, 0.29) is 0 Å². The van der Waals surface area contributed by atoms with Crippen LogP contribution in [0, 0.1) is 0 Å². The molecule has 0 amide bonds. The van der Waals surface area contributed by atoms with Crippen LogP contribution in [0.4, 0.5) is 0 Å². The Hall–Kier alpha value is -0.380. The van der Waals surface area contributed by atoms with E-state index in [1.54, 1.807) is 11.3 Å². The molecule has 0 fully saturated rings. The summed E-state index contributed by atoms with van der Waals surface area (Å²) in [7, 11) is 4.19. The van der Waals surface area contributed by atoms with Gasteiger partial charge < -0.3 is 10.6 Å². The number of hydrogen-bond acceptors (Lipinski definition) is 3. The molecule has 0 aromatic carbocycles. The zero-order valence-electron chi connectivity index (χ0n) is 7.66. The van der Waals surface area contributed by atoms with Crippen molar-refractivity contribution in [1.29, 1.82) is 0 Å². The van der Waals surface area contributed by atoms with Crippen molar-refractivity contribution in [1.82, 2.24) is 4.90 Å². The number of thiophene rings is 1. The van der Waals surface area contributed by atoms with Crippen LogP contribution in [0.25, 0.3) is 0 Å². The molecule has 68 valence electrons. The Kier molecular flexibility index (Phi) is 3.72. The van der Waals surface area contributed by atoms with Crippen LogP contribution in [-0.2, 0) is 0 Å². The van der Waals surface area contributed by atoms with Crippen LogP contribution in [0.15, 0.2) is 16.8 Å². The number of rotatable bonds is 4. The number of nitrogens with two attached hydrogens (primary N) is 1. The van der Waals surface area contributed by atoms with Crippen molar-refractivity contribution in [3.63, 3.8) is 0 Å². The summed E-state index contributed by atoms with van der Waals surface area (Å²) < 4.78 is 0. The summed E-state index contributed by atoms with van der Waals surface area (Å²) in [5, 5.41) is 4.31. The highest BCUT2D eigenvalue weighted by molar-refractivity contribution is 7.07. The molecule has 0 aliphatic carbocycles. The molecule has 12 heavy (non-hydrogen) atoms. The summed E-state index contributed by atoms with van der Waals surface area (Å²) in [6, 6.07) is 2.66. The third kappa shape index (κ3) is 2.30. The Morgan fingerprint density at radius 2 is 2.33 bits per heavy atom. The lowest BCUT2D eigenvalue weighted by molar-refractivity contribution is 0.287. The first kappa shape index (κ1) is 9.71. The monoisotopic (exact) mass is 184 g/mol. The number of hydrogen-bond donors (Lipinski definition) is 1. The Bertz CT molecular complexity index is 206. The molecule has 0 spiro atoms. The molecular formula is C9H16N2S. The standard InChI is InChI=1S/C9H16N2S/c1-11(2)9(3-5-10)8-4-6-12-7-8/h4,6-7,9H,3,5,10H2,1-2H3/t9-/m0/s1. The number of nitrogens with zero attached hydrogens (tertiary/aromatic N) is 1. The molecule has 0 saturated carbocycles. The molecule has 0 radical (unpaired) electrons. The Balaban J connectivity index is 2.66. The van der Waals surface area contributed by atoms with Crippen LogP contribution in [0.2, 0.25) is 0 Å². The molecule has 1 heterocycles. The van der Waals surface area contributed by atoms with Gasteiger partial charge in [-0.25, -0.2) is 0 Å². The van der Waals surface area contributed by atoms with Crippen LogP contribution in [-0.4, -0.2) is 25.5 Å². The summed E-state index contributed by atoms with van der Waals surface area (Å²) in [5.74, 6) is 0. The van der Waals surface area contributed by atoms with E-state index in [2.05, 4.69) is 35.8 Å². The smallest absolute Gasteiger partial charge is 0.0362 e. The lowest BCUT2D eigenvalue weighted by Gasteiger charge is -2.22. The first-order chi connectivity index (χ1) is 5.75. The van der Waals surface area contributed by atoms with Gasteiger partial charge in [-0.15, -0.1) is 0 Å². The first-order valence-corrected chi connectivity index (χ1v) is 5.08. The van der Waals surface area contributed by atoms with E-state index in [0.717, 1.165) is 13.0 Å². The van der Waals surface area contributed by atoms with Crippen molar-refractivity contribution < 1.29 is 0 Å². The molecule has 1 atom stereocenters. The molecule has 2 N–H and O–H groups in total. The van der Waals surface area contributed by atoms with Crippen LogP contribution >= 0.6 is 11.3 Å². The average Bonchev–Trinajstić information content (AvgIpc) is 2.51. The normalized spacial score (nSPS) is 13.7. The van der Waals surface area contributed by atoms with E-state index in [1.807, 2.05) is 0 Å². The summed E-state index contributed by atoms with van der Waals surface area (Å²) >= 11 is 1.74. The van der Waals surface area contributed by atoms with Gasteiger partial charge in [-0.3, -0.25) is 0 Å². The molecular weight excluding hydrogens is 168 g/mol. The maximum atomic E-state index is 5.55. The van der Waals surface area contributed by atoms with Gasteiger partial charge >= 0.3 is 0 Å². The predicted molar refractivity (Wildman–Crippen MR) is 54.4 cm³/mol. The van der Waals surface area contributed by atoms with Crippen LogP contribution in [0.5, 0.6) is 0 Å². The molecule has 0 aliphatic rings. The van der Waals surface area contributed by atoms with Gasteiger partial charge in [-0.05, 0) is 49.5 Å². The third-order valence-corrected chi connectivity index (χ3v) is 2.69. The fourth-order valence-corrected chi connectivity index (χ4v) is 2.05. The maximum Gasteiger partial charge on any atom is 0.0362 e.